The predicted molar refractivity (Wildman–Crippen MR) is 65.0 cm³/mol. The van der Waals surface area contributed by atoms with Gasteiger partial charge in [-0.2, -0.15) is 0 Å². The lowest BCUT2D eigenvalue weighted by molar-refractivity contribution is -0.130. The molecule has 1 saturated carbocycles. The van der Waals surface area contributed by atoms with E-state index in [2.05, 4.69) is 0 Å². The lowest BCUT2D eigenvalue weighted by atomic mass is 9.97. The molecule has 2 N–H and O–H groups in total. The highest BCUT2D eigenvalue weighted by atomic mass is 16.2. The van der Waals surface area contributed by atoms with E-state index in [4.69, 9.17) is 5.73 Å². The molecule has 0 bridgehead atoms. The van der Waals surface area contributed by atoms with Crippen LogP contribution in [0.2, 0.25) is 0 Å². The Morgan fingerprint density at radius 1 is 1.24 bits per heavy atom. The van der Waals surface area contributed by atoms with Crippen molar-refractivity contribution >= 4 is 11.8 Å². The number of carbonyl (C=O) groups is 2. The number of hydrogen-bond acceptors (Lipinski definition) is 2. The smallest absolute Gasteiger partial charge is 0.246 e. The molecule has 2 rings (SSSR count). The van der Waals surface area contributed by atoms with Crippen molar-refractivity contribution in [2.75, 3.05) is 13.1 Å². The molecule has 0 radical (unpaired) electrons. The second-order valence-electron chi connectivity index (χ2n) is 5.19. The Morgan fingerprint density at radius 2 is 1.94 bits per heavy atom. The van der Waals surface area contributed by atoms with Gasteiger partial charge in [-0.25, -0.2) is 0 Å². The molecule has 17 heavy (non-hydrogen) atoms. The lowest BCUT2D eigenvalue weighted by Gasteiger charge is -2.30. The second-order valence-corrected chi connectivity index (χ2v) is 5.19. The Morgan fingerprint density at radius 3 is 2.53 bits per heavy atom. The minimum atomic E-state index is -0.287. The summed E-state index contributed by atoms with van der Waals surface area (Å²) >= 11 is 0. The fourth-order valence-corrected chi connectivity index (χ4v) is 2.35. The maximum Gasteiger partial charge on any atom is 0.246 e. The molecule has 4 heteroatoms. The molecule has 0 aromatic rings. The molecule has 0 spiro atoms. The zero-order valence-corrected chi connectivity index (χ0v) is 10.3. The minimum absolute atomic E-state index is 0.0420. The molecule has 94 valence electrons. The van der Waals surface area contributed by atoms with Crippen LogP contribution in [-0.2, 0) is 9.59 Å². The van der Waals surface area contributed by atoms with E-state index in [1.807, 2.05) is 6.92 Å². The van der Waals surface area contributed by atoms with Crippen molar-refractivity contribution in [1.82, 2.24) is 4.90 Å². The minimum Gasteiger partial charge on any atom is -0.369 e. The number of nitrogens with zero attached hydrogens (tertiary/aromatic N) is 1. The second kappa shape index (κ2) is 4.90. The first-order chi connectivity index (χ1) is 8.08. The van der Waals surface area contributed by atoms with Crippen molar-refractivity contribution < 1.29 is 9.59 Å². The first kappa shape index (κ1) is 12.1. The summed E-state index contributed by atoms with van der Waals surface area (Å²) in [6.45, 7) is 3.25. The van der Waals surface area contributed by atoms with Crippen molar-refractivity contribution in [3.8, 4) is 0 Å². The summed E-state index contributed by atoms with van der Waals surface area (Å²) in [7, 11) is 0. The van der Waals surface area contributed by atoms with E-state index in [0.29, 0.717) is 12.5 Å². The van der Waals surface area contributed by atoms with Gasteiger partial charge in [0.05, 0.1) is 5.92 Å². The lowest BCUT2D eigenvalue weighted by Crippen LogP contribution is -2.43. The van der Waals surface area contributed by atoms with E-state index in [0.717, 1.165) is 19.4 Å². The van der Waals surface area contributed by atoms with Crippen LogP contribution in [0.3, 0.4) is 0 Å². The number of primary amides is 1. The van der Waals surface area contributed by atoms with Gasteiger partial charge in [-0.3, -0.25) is 9.59 Å². The first-order valence-electron chi connectivity index (χ1n) is 6.34. The Hall–Kier alpha value is -1.32. The van der Waals surface area contributed by atoms with Gasteiger partial charge in [0, 0.05) is 19.2 Å². The van der Waals surface area contributed by atoms with E-state index in [9.17, 15) is 9.59 Å². The zero-order valence-electron chi connectivity index (χ0n) is 10.3. The number of piperidine rings is 1. The normalized spacial score (nSPS) is 25.8. The number of carbonyl (C=O) groups excluding carboxylic acids is 2. The summed E-state index contributed by atoms with van der Waals surface area (Å²) in [5.74, 6) is 0.212. The highest BCUT2D eigenvalue weighted by Gasteiger charge is 2.28. The molecular weight excluding hydrogens is 216 g/mol. The molecule has 2 fully saturated rings. The van der Waals surface area contributed by atoms with Gasteiger partial charge < -0.3 is 10.6 Å². The summed E-state index contributed by atoms with van der Waals surface area (Å²) in [6.07, 6.45) is 5.83. The van der Waals surface area contributed by atoms with Crippen molar-refractivity contribution in [2.24, 2.45) is 17.6 Å². The zero-order chi connectivity index (χ0) is 12.4. The molecule has 1 aliphatic carbocycles. The van der Waals surface area contributed by atoms with Gasteiger partial charge in [0.2, 0.25) is 11.8 Å². The van der Waals surface area contributed by atoms with Gasteiger partial charge in [-0.05, 0) is 38.5 Å². The van der Waals surface area contributed by atoms with Gasteiger partial charge in [-0.1, -0.05) is 5.57 Å². The molecule has 0 aromatic carbocycles. The number of nitrogens with two attached hydrogens (primary N) is 1. The summed E-state index contributed by atoms with van der Waals surface area (Å²) < 4.78 is 0. The number of amides is 2. The van der Waals surface area contributed by atoms with Crippen molar-refractivity contribution in [3.63, 3.8) is 0 Å². The van der Waals surface area contributed by atoms with Crippen molar-refractivity contribution in [3.05, 3.63) is 11.6 Å². The number of likely N-dealkylation sites (tertiary alicyclic amines) is 1. The van der Waals surface area contributed by atoms with Gasteiger partial charge in [0.15, 0.2) is 0 Å². The molecular formula is C13H20N2O2. The van der Waals surface area contributed by atoms with E-state index in [1.54, 1.807) is 11.0 Å². The van der Waals surface area contributed by atoms with E-state index < -0.39 is 0 Å². The van der Waals surface area contributed by atoms with E-state index in [-0.39, 0.29) is 17.7 Å². The molecule has 1 heterocycles. The van der Waals surface area contributed by atoms with Crippen LogP contribution in [0.4, 0.5) is 0 Å². The fraction of sp³-hybridized carbons (Fsp3) is 0.692. The number of rotatable bonds is 3. The molecule has 4 nitrogen and oxygen atoms in total. The molecule has 1 atom stereocenters. The summed E-state index contributed by atoms with van der Waals surface area (Å²) in [5.41, 5.74) is 6.47. The molecule has 0 unspecified atom stereocenters. The van der Waals surface area contributed by atoms with Crippen LogP contribution in [0.25, 0.3) is 0 Å². The third-order valence-electron chi connectivity index (χ3n) is 3.71. The molecule has 2 amide bonds. The fourth-order valence-electron chi connectivity index (χ4n) is 2.35. The molecule has 1 saturated heterocycles. The Bertz CT molecular complexity index is 358. The molecule has 1 aliphatic heterocycles. The van der Waals surface area contributed by atoms with Crippen molar-refractivity contribution in [2.45, 2.75) is 32.6 Å². The SMILES string of the molecule is C/C(=C\C(=O)N1CCC[C@@H](C(N)=O)C1)C1CC1. The van der Waals surface area contributed by atoms with Crippen LogP contribution in [0.1, 0.15) is 32.6 Å². The summed E-state index contributed by atoms with van der Waals surface area (Å²) in [4.78, 5) is 24.9. The summed E-state index contributed by atoms with van der Waals surface area (Å²) in [5, 5.41) is 0. The average Bonchev–Trinajstić information content (AvgIpc) is 3.12. The Kier molecular flexibility index (Phi) is 3.50. The summed E-state index contributed by atoms with van der Waals surface area (Å²) in [6, 6.07) is 0. The maximum absolute atomic E-state index is 12.0. The third kappa shape index (κ3) is 3.08. The van der Waals surface area contributed by atoms with Crippen molar-refractivity contribution in [1.29, 1.82) is 0 Å². The molecule has 0 aromatic heterocycles. The van der Waals surface area contributed by atoms with Gasteiger partial charge in [0.1, 0.15) is 0 Å². The number of hydrogen-bond donors (Lipinski definition) is 1. The van der Waals surface area contributed by atoms with Gasteiger partial charge >= 0.3 is 0 Å². The monoisotopic (exact) mass is 236 g/mol. The number of allylic oxidation sites excluding steroid dienone is 1. The first-order valence-corrected chi connectivity index (χ1v) is 6.34. The highest BCUT2D eigenvalue weighted by Crippen LogP contribution is 2.36. The van der Waals surface area contributed by atoms with Crippen LogP contribution in [0.5, 0.6) is 0 Å². The van der Waals surface area contributed by atoms with Crippen LogP contribution in [-0.4, -0.2) is 29.8 Å². The van der Waals surface area contributed by atoms with Crippen LogP contribution in [0, 0.1) is 11.8 Å². The van der Waals surface area contributed by atoms with Gasteiger partial charge in [-0.15, -0.1) is 0 Å². The van der Waals surface area contributed by atoms with Crippen LogP contribution < -0.4 is 5.73 Å². The Labute approximate surface area is 102 Å². The van der Waals surface area contributed by atoms with Gasteiger partial charge in [0.25, 0.3) is 0 Å². The predicted octanol–water partition coefficient (Wildman–Crippen LogP) is 1.07. The largest absolute Gasteiger partial charge is 0.369 e. The Balaban J connectivity index is 1.94. The highest BCUT2D eigenvalue weighted by molar-refractivity contribution is 5.89. The van der Waals surface area contributed by atoms with Crippen LogP contribution >= 0.6 is 0 Å². The molecule has 2 aliphatic rings. The topological polar surface area (TPSA) is 63.4 Å². The van der Waals surface area contributed by atoms with E-state index in [1.165, 1.54) is 18.4 Å². The third-order valence-corrected chi connectivity index (χ3v) is 3.71. The quantitative estimate of drug-likeness (QED) is 0.745. The average molecular weight is 236 g/mol. The van der Waals surface area contributed by atoms with Crippen LogP contribution in [0.15, 0.2) is 11.6 Å². The standard InChI is InChI=1S/C13H20N2O2/c1-9(10-4-5-10)7-12(16)15-6-2-3-11(8-15)13(14)17/h7,10-11H,2-6,8H2,1H3,(H2,14,17)/b9-7+/t11-/m1/s1. The van der Waals surface area contributed by atoms with E-state index >= 15 is 0 Å². The maximum atomic E-state index is 12.0.